The molecule has 0 saturated heterocycles. The summed E-state index contributed by atoms with van der Waals surface area (Å²) in [4.78, 5) is 0. The molecule has 0 fully saturated rings. The van der Waals surface area contributed by atoms with E-state index < -0.39 is 5.60 Å². The van der Waals surface area contributed by atoms with E-state index in [9.17, 15) is 5.11 Å². The molecule has 1 aromatic rings. The van der Waals surface area contributed by atoms with E-state index in [4.69, 9.17) is 0 Å². The summed E-state index contributed by atoms with van der Waals surface area (Å²) >= 11 is 1.80. The first-order valence-electron chi connectivity index (χ1n) is 6.62. The average Bonchev–Trinajstić information content (AvgIpc) is 2.34. The van der Waals surface area contributed by atoms with Crippen molar-refractivity contribution in [2.24, 2.45) is 0 Å². The first kappa shape index (κ1) is 14.8. The molecule has 1 N–H and O–H groups in total. The molecule has 17 heavy (non-hydrogen) atoms. The van der Waals surface area contributed by atoms with E-state index in [2.05, 4.69) is 31.2 Å². The number of aliphatic hydroxyl groups is 1. The second kappa shape index (κ2) is 7.23. The Hall–Kier alpha value is -0.262. The van der Waals surface area contributed by atoms with Crippen molar-refractivity contribution in [1.29, 1.82) is 0 Å². The van der Waals surface area contributed by atoms with Gasteiger partial charge in [0.2, 0.25) is 0 Å². The standard InChI is InChI=1S/C15H25AsO/c1-3-4-10-15(2,17)14-9-5-7-13(12-14)8-6-11-16/h5,7,9,12,17H,3-4,6,8,10-11,16H2,1-2H3. The molecule has 0 aliphatic heterocycles. The van der Waals surface area contributed by atoms with Crippen molar-refractivity contribution in [3.63, 3.8) is 0 Å². The van der Waals surface area contributed by atoms with Gasteiger partial charge in [-0.3, -0.25) is 0 Å². The van der Waals surface area contributed by atoms with Crippen molar-refractivity contribution >= 4 is 16.9 Å². The predicted molar refractivity (Wildman–Crippen MR) is 77.2 cm³/mol. The molecule has 0 spiro atoms. The Morgan fingerprint density at radius 3 is 2.71 bits per heavy atom. The van der Waals surface area contributed by atoms with Crippen LogP contribution < -0.4 is 0 Å². The minimum atomic E-state index is -0.665. The average molecular weight is 296 g/mol. The Labute approximate surface area is 114 Å². The van der Waals surface area contributed by atoms with Crippen LogP contribution in [0.5, 0.6) is 0 Å². The maximum atomic E-state index is 10.5. The van der Waals surface area contributed by atoms with Gasteiger partial charge in [-0.15, -0.1) is 0 Å². The summed E-state index contributed by atoms with van der Waals surface area (Å²) in [5.74, 6) is 0. The van der Waals surface area contributed by atoms with Crippen LogP contribution in [0.25, 0.3) is 0 Å². The SMILES string of the molecule is CCCCC(C)(O)c1cccc(CCC[AsH2])c1. The predicted octanol–water partition coefficient (Wildman–Crippen LogP) is 3.07. The van der Waals surface area contributed by atoms with Crippen LogP contribution in [0, 0.1) is 0 Å². The van der Waals surface area contributed by atoms with Gasteiger partial charge in [-0.05, 0) is 0 Å². The van der Waals surface area contributed by atoms with E-state index in [0.29, 0.717) is 0 Å². The van der Waals surface area contributed by atoms with E-state index in [0.717, 1.165) is 31.2 Å². The number of hydrogen-bond acceptors (Lipinski definition) is 1. The zero-order chi connectivity index (χ0) is 12.7. The topological polar surface area (TPSA) is 20.2 Å². The Balaban J connectivity index is 2.75. The number of rotatable bonds is 7. The monoisotopic (exact) mass is 296 g/mol. The summed E-state index contributed by atoms with van der Waals surface area (Å²) in [6.45, 7) is 4.10. The number of benzene rings is 1. The van der Waals surface area contributed by atoms with Crippen LogP contribution in [0.15, 0.2) is 24.3 Å². The molecular formula is C15H25AsO. The molecule has 1 nitrogen and oxygen atoms in total. The molecule has 0 bridgehead atoms. The van der Waals surface area contributed by atoms with Crippen LogP contribution in [0.1, 0.15) is 50.7 Å². The minimum absolute atomic E-state index is 0.665. The van der Waals surface area contributed by atoms with Crippen LogP contribution in [0.3, 0.4) is 0 Å². The van der Waals surface area contributed by atoms with Crippen LogP contribution >= 0.6 is 0 Å². The van der Waals surface area contributed by atoms with Crippen molar-refractivity contribution in [3.05, 3.63) is 35.4 Å². The Morgan fingerprint density at radius 1 is 1.29 bits per heavy atom. The van der Waals surface area contributed by atoms with Gasteiger partial charge in [0.1, 0.15) is 0 Å². The zero-order valence-corrected chi connectivity index (χ0v) is 13.5. The van der Waals surface area contributed by atoms with Gasteiger partial charge >= 0.3 is 114 Å². The second-order valence-corrected chi connectivity index (χ2v) is 6.18. The number of hydrogen-bond donors (Lipinski definition) is 1. The van der Waals surface area contributed by atoms with Crippen LogP contribution in [0.2, 0.25) is 5.21 Å². The van der Waals surface area contributed by atoms with Crippen LogP contribution in [-0.4, -0.2) is 22.0 Å². The fourth-order valence-corrected chi connectivity index (χ4v) is 2.46. The van der Waals surface area contributed by atoms with Gasteiger partial charge in [-0.1, -0.05) is 0 Å². The molecule has 0 radical (unpaired) electrons. The number of unbranched alkanes of at least 4 members (excludes halogenated alkanes) is 1. The molecule has 1 aromatic carbocycles. The molecule has 2 unspecified atom stereocenters. The van der Waals surface area contributed by atoms with Gasteiger partial charge in [0.05, 0.1) is 0 Å². The molecule has 0 heterocycles. The Bertz CT molecular complexity index is 333. The molecule has 0 amide bonds. The third kappa shape index (κ3) is 4.85. The van der Waals surface area contributed by atoms with Gasteiger partial charge in [0, 0.05) is 0 Å². The fourth-order valence-electron chi connectivity index (χ4n) is 2.03. The second-order valence-electron chi connectivity index (χ2n) is 4.97. The molecule has 0 saturated carbocycles. The summed E-state index contributed by atoms with van der Waals surface area (Å²) in [5, 5.41) is 11.8. The quantitative estimate of drug-likeness (QED) is 0.767. The summed E-state index contributed by atoms with van der Waals surface area (Å²) in [5.41, 5.74) is 1.77. The van der Waals surface area contributed by atoms with Crippen molar-refractivity contribution in [2.75, 3.05) is 0 Å². The zero-order valence-electron chi connectivity index (χ0n) is 11.1. The maximum absolute atomic E-state index is 10.5. The number of aryl methyl sites for hydroxylation is 1. The van der Waals surface area contributed by atoms with Crippen molar-refractivity contribution < 1.29 is 5.11 Å². The molecule has 0 aromatic heterocycles. The van der Waals surface area contributed by atoms with Crippen molar-refractivity contribution in [3.8, 4) is 0 Å². The summed E-state index contributed by atoms with van der Waals surface area (Å²) in [7, 11) is 0. The molecule has 2 heteroatoms. The molecular weight excluding hydrogens is 271 g/mol. The normalized spacial score (nSPS) is 14.6. The van der Waals surface area contributed by atoms with Gasteiger partial charge in [0.25, 0.3) is 0 Å². The van der Waals surface area contributed by atoms with E-state index in [1.54, 1.807) is 16.9 Å². The first-order chi connectivity index (χ1) is 8.10. The molecule has 0 aliphatic carbocycles. The van der Waals surface area contributed by atoms with E-state index in [1.165, 1.54) is 17.2 Å². The molecule has 1 rings (SSSR count). The molecule has 2 atom stereocenters. The van der Waals surface area contributed by atoms with Gasteiger partial charge < -0.3 is 0 Å². The first-order valence-corrected chi connectivity index (χ1v) is 8.33. The van der Waals surface area contributed by atoms with Gasteiger partial charge in [-0.25, -0.2) is 0 Å². The third-order valence-corrected chi connectivity index (χ3v) is 4.09. The van der Waals surface area contributed by atoms with Gasteiger partial charge in [-0.2, -0.15) is 0 Å². The summed E-state index contributed by atoms with van der Waals surface area (Å²) < 4.78 is 0. The van der Waals surface area contributed by atoms with Crippen molar-refractivity contribution in [1.82, 2.24) is 0 Å². The van der Waals surface area contributed by atoms with E-state index >= 15 is 0 Å². The summed E-state index contributed by atoms with van der Waals surface area (Å²) in [6.07, 6.45) is 5.45. The Morgan fingerprint density at radius 2 is 2.06 bits per heavy atom. The summed E-state index contributed by atoms with van der Waals surface area (Å²) in [6, 6.07) is 8.47. The van der Waals surface area contributed by atoms with E-state index in [1.807, 2.05) is 6.92 Å². The van der Waals surface area contributed by atoms with Crippen LogP contribution in [-0.2, 0) is 12.0 Å². The van der Waals surface area contributed by atoms with Crippen molar-refractivity contribution in [2.45, 2.75) is 56.8 Å². The van der Waals surface area contributed by atoms with Crippen LogP contribution in [0.4, 0.5) is 0 Å². The molecule has 0 aliphatic rings. The van der Waals surface area contributed by atoms with Gasteiger partial charge in [0.15, 0.2) is 0 Å². The fraction of sp³-hybridized carbons (Fsp3) is 0.600. The third-order valence-electron chi connectivity index (χ3n) is 3.24. The Kier molecular flexibility index (Phi) is 6.30. The molecule has 96 valence electrons. The van der Waals surface area contributed by atoms with E-state index in [-0.39, 0.29) is 0 Å².